The van der Waals surface area contributed by atoms with E-state index in [0.29, 0.717) is 23.4 Å². The van der Waals surface area contributed by atoms with Crippen LogP contribution in [0.15, 0.2) is 16.7 Å². The SMILES string of the molecule is O=C(O)[C@@H]1CSCN1C(=O)c1cc(Br)cn1C1CC1. The van der Waals surface area contributed by atoms with Crippen LogP contribution < -0.4 is 0 Å². The summed E-state index contributed by atoms with van der Waals surface area (Å²) in [5.41, 5.74) is 0.586. The minimum atomic E-state index is -0.929. The highest BCUT2D eigenvalue weighted by atomic mass is 79.9. The van der Waals surface area contributed by atoms with Crippen molar-refractivity contribution in [1.82, 2.24) is 9.47 Å². The van der Waals surface area contributed by atoms with Crippen LogP contribution in [0.5, 0.6) is 0 Å². The van der Waals surface area contributed by atoms with Crippen molar-refractivity contribution in [3.8, 4) is 0 Å². The Bertz CT molecular complexity index is 541. The molecule has 1 aliphatic heterocycles. The monoisotopic (exact) mass is 344 g/mol. The topological polar surface area (TPSA) is 62.5 Å². The predicted molar refractivity (Wildman–Crippen MR) is 75.3 cm³/mol. The van der Waals surface area contributed by atoms with Gasteiger partial charge in [0, 0.05) is 22.5 Å². The van der Waals surface area contributed by atoms with Gasteiger partial charge >= 0.3 is 5.97 Å². The number of hydrogen-bond acceptors (Lipinski definition) is 3. The number of carbonyl (C=O) groups excluding carboxylic acids is 1. The standard InChI is InChI=1S/C12H13BrN2O3S/c13-7-3-9(14(4-7)8-1-2-8)11(16)15-6-19-5-10(15)12(17)18/h3-4,8,10H,1-2,5-6H2,(H,17,18)/t10-/m0/s1. The molecular formula is C12H13BrN2O3S. The summed E-state index contributed by atoms with van der Waals surface area (Å²) in [6.45, 7) is 0. The molecule has 7 heteroatoms. The summed E-state index contributed by atoms with van der Waals surface area (Å²) in [4.78, 5) is 25.1. The molecule has 2 heterocycles. The molecule has 1 saturated heterocycles. The molecule has 1 saturated carbocycles. The molecule has 2 aliphatic rings. The highest BCUT2D eigenvalue weighted by Crippen LogP contribution is 2.38. The predicted octanol–water partition coefficient (Wildman–Crippen LogP) is 2.19. The van der Waals surface area contributed by atoms with Gasteiger partial charge in [0.15, 0.2) is 0 Å². The maximum Gasteiger partial charge on any atom is 0.327 e. The van der Waals surface area contributed by atoms with E-state index in [0.717, 1.165) is 17.3 Å². The first-order chi connectivity index (χ1) is 9.08. The maximum atomic E-state index is 12.5. The van der Waals surface area contributed by atoms with Gasteiger partial charge in [-0.2, -0.15) is 0 Å². The molecule has 2 fully saturated rings. The molecule has 1 atom stereocenters. The number of carboxylic acid groups (broad SMARTS) is 1. The Balaban J connectivity index is 1.89. The van der Waals surface area contributed by atoms with Crippen LogP contribution in [0.3, 0.4) is 0 Å². The van der Waals surface area contributed by atoms with E-state index in [2.05, 4.69) is 15.9 Å². The molecule has 1 aromatic rings. The number of carbonyl (C=O) groups is 2. The number of aliphatic carboxylic acids is 1. The lowest BCUT2D eigenvalue weighted by Crippen LogP contribution is -2.42. The minimum absolute atomic E-state index is 0.185. The Morgan fingerprint density at radius 3 is 2.79 bits per heavy atom. The van der Waals surface area contributed by atoms with Gasteiger partial charge in [0.05, 0.1) is 5.88 Å². The summed E-state index contributed by atoms with van der Waals surface area (Å²) in [6, 6.07) is 1.46. The summed E-state index contributed by atoms with van der Waals surface area (Å²) in [7, 11) is 0. The smallest absolute Gasteiger partial charge is 0.327 e. The molecule has 0 radical (unpaired) electrons. The van der Waals surface area contributed by atoms with E-state index in [4.69, 9.17) is 5.11 Å². The lowest BCUT2D eigenvalue weighted by Gasteiger charge is -2.21. The van der Waals surface area contributed by atoms with Crippen molar-refractivity contribution in [2.24, 2.45) is 0 Å². The fraction of sp³-hybridized carbons (Fsp3) is 0.500. The first-order valence-corrected chi connectivity index (χ1v) is 8.01. The van der Waals surface area contributed by atoms with Crippen molar-refractivity contribution >= 4 is 39.6 Å². The third kappa shape index (κ3) is 2.41. The molecule has 5 nitrogen and oxygen atoms in total. The van der Waals surface area contributed by atoms with Crippen molar-refractivity contribution in [2.75, 3.05) is 11.6 Å². The zero-order valence-corrected chi connectivity index (χ0v) is 12.5. The number of rotatable bonds is 3. The number of aromatic nitrogens is 1. The molecular weight excluding hydrogens is 332 g/mol. The molecule has 19 heavy (non-hydrogen) atoms. The molecule has 1 aliphatic carbocycles. The van der Waals surface area contributed by atoms with Gasteiger partial charge in [-0.1, -0.05) is 0 Å². The van der Waals surface area contributed by atoms with Gasteiger partial charge in [0.2, 0.25) is 0 Å². The van der Waals surface area contributed by atoms with Crippen LogP contribution in [0.25, 0.3) is 0 Å². The molecule has 1 aromatic heterocycles. The van der Waals surface area contributed by atoms with Gasteiger partial charge in [-0.3, -0.25) is 4.79 Å². The van der Waals surface area contributed by atoms with E-state index in [-0.39, 0.29) is 5.91 Å². The molecule has 0 bridgehead atoms. The number of carboxylic acids is 1. The summed E-state index contributed by atoms with van der Waals surface area (Å²) in [5, 5.41) is 9.15. The van der Waals surface area contributed by atoms with E-state index < -0.39 is 12.0 Å². The maximum absolute atomic E-state index is 12.5. The minimum Gasteiger partial charge on any atom is -0.480 e. The Hall–Kier alpha value is -0.950. The quantitative estimate of drug-likeness (QED) is 0.912. The van der Waals surface area contributed by atoms with Crippen LogP contribution in [0.2, 0.25) is 0 Å². The van der Waals surface area contributed by atoms with E-state index in [1.165, 1.54) is 16.7 Å². The van der Waals surface area contributed by atoms with Gasteiger partial charge in [0.25, 0.3) is 5.91 Å². The Morgan fingerprint density at radius 2 is 2.16 bits per heavy atom. The van der Waals surface area contributed by atoms with Gasteiger partial charge in [-0.25, -0.2) is 4.79 Å². The number of amides is 1. The lowest BCUT2D eigenvalue weighted by molar-refractivity contribution is -0.140. The van der Waals surface area contributed by atoms with Crippen molar-refractivity contribution < 1.29 is 14.7 Å². The zero-order valence-electron chi connectivity index (χ0n) is 10.1. The van der Waals surface area contributed by atoms with E-state index in [9.17, 15) is 9.59 Å². The van der Waals surface area contributed by atoms with Gasteiger partial charge in [-0.15, -0.1) is 11.8 Å². The van der Waals surface area contributed by atoms with E-state index in [1.807, 2.05) is 10.8 Å². The van der Waals surface area contributed by atoms with Crippen LogP contribution >= 0.6 is 27.7 Å². The van der Waals surface area contributed by atoms with Crippen LogP contribution in [0, 0.1) is 0 Å². The third-order valence-electron chi connectivity index (χ3n) is 3.40. The summed E-state index contributed by atoms with van der Waals surface area (Å²) < 4.78 is 2.83. The summed E-state index contributed by atoms with van der Waals surface area (Å²) in [6.07, 6.45) is 4.07. The second kappa shape index (κ2) is 4.86. The number of halogens is 1. The second-order valence-corrected chi connectivity index (χ2v) is 6.73. The zero-order chi connectivity index (χ0) is 13.6. The first kappa shape index (κ1) is 13.1. The number of thioether (sulfide) groups is 1. The van der Waals surface area contributed by atoms with E-state index in [1.54, 1.807) is 6.07 Å². The molecule has 1 amide bonds. The molecule has 102 valence electrons. The molecule has 3 rings (SSSR count). The van der Waals surface area contributed by atoms with Crippen LogP contribution in [0.1, 0.15) is 29.4 Å². The van der Waals surface area contributed by atoms with Crippen molar-refractivity contribution in [2.45, 2.75) is 24.9 Å². The fourth-order valence-corrected chi connectivity index (χ4v) is 3.85. The van der Waals surface area contributed by atoms with Crippen LogP contribution in [0.4, 0.5) is 0 Å². The number of hydrogen-bond donors (Lipinski definition) is 1. The van der Waals surface area contributed by atoms with Crippen molar-refractivity contribution in [3.63, 3.8) is 0 Å². The highest BCUT2D eigenvalue weighted by Gasteiger charge is 2.37. The van der Waals surface area contributed by atoms with Crippen molar-refractivity contribution in [1.29, 1.82) is 0 Å². The largest absolute Gasteiger partial charge is 0.480 e. The normalized spacial score (nSPS) is 22.8. The van der Waals surface area contributed by atoms with Crippen LogP contribution in [-0.2, 0) is 4.79 Å². The Morgan fingerprint density at radius 1 is 1.42 bits per heavy atom. The summed E-state index contributed by atoms with van der Waals surface area (Å²) >= 11 is 4.87. The Kier molecular flexibility index (Phi) is 3.34. The van der Waals surface area contributed by atoms with Crippen molar-refractivity contribution in [3.05, 3.63) is 22.4 Å². The Labute approximate surface area is 123 Å². The average molecular weight is 345 g/mol. The summed E-state index contributed by atoms with van der Waals surface area (Å²) in [5.74, 6) is -0.202. The third-order valence-corrected chi connectivity index (χ3v) is 4.85. The second-order valence-electron chi connectivity index (χ2n) is 4.81. The lowest BCUT2D eigenvalue weighted by atomic mass is 10.2. The van der Waals surface area contributed by atoms with Gasteiger partial charge < -0.3 is 14.6 Å². The van der Waals surface area contributed by atoms with Crippen LogP contribution in [-0.4, -0.2) is 44.1 Å². The molecule has 0 aromatic carbocycles. The average Bonchev–Trinajstić information content (AvgIpc) is 2.95. The molecule has 0 unspecified atom stereocenters. The number of nitrogens with zero attached hydrogens (tertiary/aromatic N) is 2. The highest BCUT2D eigenvalue weighted by molar-refractivity contribution is 9.10. The molecule has 0 spiro atoms. The molecule has 1 N–H and O–H groups in total. The van der Waals surface area contributed by atoms with E-state index >= 15 is 0 Å². The van der Waals surface area contributed by atoms with Gasteiger partial charge in [0.1, 0.15) is 11.7 Å². The first-order valence-electron chi connectivity index (χ1n) is 6.07. The fourth-order valence-electron chi connectivity index (χ4n) is 2.27. The van der Waals surface area contributed by atoms with Gasteiger partial charge in [-0.05, 0) is 34.8 Å².